The summed E-state index contributed by atoms with van der Waals surface area (Å²) < 4.78 is 0. The number of allylic oxidation sites excluding steroid dienone is 4. The maximum atomic E-state index is 2.36. The van der Waals surface area contributed by atoms with Gasteiger partial charge in [-0.1, -0.05) is 37.1 Å². The van der Waals surface area contributed by atoms with E-state index in [1.54, 1.807) is 5.57 Å². The monoisotopic (exact) mass is 134 g/mol. The normalized spacial score (nSPS) is 34.1. The fraction of sp³-hybridized carbons (Fsp3) is 0.600. The Hall–Kier alpha value is -0.520. The molecule has 0 heterocycles. The zero-order chi connectivity index (χ0) is 7.35. The molecular formula is C10H14. The summed E-state index contributed by atoms with van der Waals surface area (Å²) in [5.74, 6) is 0.885. The molecule has 54 valence electrons. The van der Waals surface area contributed by atoms with Crippen molar-refractivity contribution in [3.63, 3.8) is 0 Å². The Kier molecular flexibility index (Phi) is 0.964. The van der Waals surface area contributed by atoms with E-state index in [2.05, 4.69) is 32.9 Å². The van der Waals surface area contributed by atoms with Gasteiger partial charge in [0, 0.05) is 0 Å². The Morgan fingerprint density at radius 2 is 2.20 bits per heavy atom. The van der Waals surface area contributed by atoms with Crippen molar-refractivity contribution in [1.29, 1.82) is 0 Å². The summed E-state index contributed by atoms with van der Waals surface area (Å²) in [6, 6.07) is 0. The molecule has 10 heavy (non-hydrogen) atoms. The molecule has 0 bridgehead atoms. The van der Waals surface area contributed by atoms with Crippen LogP contribution in [0.3, 0.4) is 0 Å². The van der Waals surface area contributed by atoms with Crippen LogP contribution in [0.2, 0.25) is 0 Å². The Morgan fingerprint density at radius 1 is 1.50 bits per heavy atom. The van der Waals surface area contributed by atoms with E-state index in [0.29, 0.717) is 5.41 Å². The highest BCUT2D eigenvalue weighted by atomic mass is 14.6. The molecular weight excluding hydrogens is 120 g/mol. The van der Waals surface area contributed by atoms with Crippen LogP contribution in [0, 0.1) is 11.3 Å². The van der Waals surface area contributed by atoms with Gasteiger partial charge in [0.2, 0.25) is 0 Å². The largest absolute Gasteiger partial charge is 0.0810 e. The standard InChI is InChI=1S/C10H14/c1-7-4-5-8-9(6-7)10(8,2)3/h4,6,8H,5H2,1-3H3. The van der Waals surface area contributed by atoms with Crippen molar-refractivity contribution < 1.29 is 0 Å². The fourth-order valence-corrected chi connectivity index (χ4v) is 1.99. The third-order valence-corrected chi connectivity index (χ3v) is 2.97. The van der Waals surface area contributed by atoms with Crippen LogP contribution in [0.1, 0.15) is 27.2 Å². The van der Waals surface area contributed by atoms with E-state index in [1.807, 2.05) is 0 Å². The summed E-state index contributed by atoms with van der Waals surface area (Å²) in [4.78, 5) is 0. The minimum atomic E-state index is 0.536. The summed E-state index contributed by atoms with van der Waals surface area (Å²) in [6.45, 7) is 6.88. The molecule has 1 unspecified atom stereocenters. The van der Waals surface area contributed by atoms with E-state index in [1.165, 1.54) is 12.0 Å². The first-order chi connectivity index (χ1) is 4.62. The van der Waals surface area contributed by atoms with Gasteiger partial charge < -0.3 is 0 Å². The number of fused-ring (bicyclic) bond motifs is 1. The van der Waals surface area contributed by atoms with Gasteiger partial charge in [-0.3, -0.25) is 0 Å². The van der Waals surface area contributed by atoms with Crippen LogP contribution in [0.4, 0.5) is 0 Å². The van der Waals surface area contributed by atoms with Crippen LogP contribution in [-0.2, 0) is 0 Å². The minimum Gasteiger partial charge on any atom is -0.0810 e. The zero-order valence-corrected chi connectivity index (χ0v) is 6.94. The van der Waals surface area contributed by atoms with Crippen molar-refractivity contribution in [2.24, 2.45) is 11.3 Å². The predicted octanol–water partition coefficient (Wildman–Crippen LogP) is 2.92. The van der Waals surface area contributed by atoms with Crippen molar-refractivity contribution in [3.8, 4) is 0 Å². The molecule has 0 amide bonds. The average molecular weight is 134 g/mol. The van der Waals surface area contributed by atoms with Gasteiger partial charge in [-0.15, -0.1) is 0 Å². The maximum Gasteiger partial charge on any atom is -0.00695 e. The van der Waals surface area contributed by atoms with Crippen LogP contribution >= 0.6 is 0 Å². The van der Waals surface area contributed by atoms with Crippen LogP contribution in [0.15, 0.2) is 23.3 Å². The summed E-state index contributed by atoms with van der Waals surface area (Å²) in [5.41, 5.74) is 3.66. The van der Waals surface area contributed by atoms with Crippen molar-refractivity contribution in [2.75, 3.05) is 0 Å². The molecule has 0 aromatic heterocycles. The summed E-state index contributed by atoms with van der Waals surface area (Å²) in [7, 11) is 0. The van der Waals surface area contributed by atoms with Gasteiger partial charge in [0.05, 0.1) is 0 Å². The summed E-state index contributed by atoms with van der Waals surface area (Å²) in [5, 5.41) is 0. The molecule has 1 saturated carbocycles. The van der Waals surface area contributed by atoms with E-state index < -0.39 is 0 Å². The SMILES string of the molecule is CC1=CCC2C(=C1)C2(C)C. The van der Waals surface area contributed by atoms with Crippen molar-refractivity contribution in [3.05, 3.63) is 23.3 Å². The highest BCUT2D eigenvalue weighted by molar-refractivity contribution is 5.45. The fourth-order valence-electron chi connectivity index (χ4n) is 1.99. The molecule has 1 atom stereocenters. The molecule has 0 aromatic rings. The molecule has 0 N–H and O–H groups in total. The molecule has 2 aliphatic carbocycles. The smallest absolute Gasteiger partial charge is 0.00695 e. The van der Waals surface area contributed by atoms with Gasteiger partial charge in [0.25, 0.3) is 0 Å². The van der Waals surface area contributed by atoms with Crippen LogP contribution in [0.25, 0.3) is 0 Å². The average Bonchev–Trinajstić information content (AvgIpc) is 2.36. The molecule has 1 fully saturated rings. The van der Waals surface area contributed by atoms with Gasteiger partial charge in [0.1, 0.15) is 0 Å². The Balaban J connectivity index is 2.30. The lowest BCUT2D eigenvalue weighted by Gasteiger charge is -1.97. The maximum absolute atomic E-state index is 2.36. The molecule has 2 aliphatic rings. The molecule has 0 aliphatic heterocycles. The summed E-state index contributed by atoms with van der Waals surface area (Å²) >= 11 is 0. The van der Waals surface area contributed by atoms with Crippen LogP contribution in [-0.4, -0.2) is 0 Å². The van der Waals surface area contributed by atoms with Gasteiger partial charge in [0.15, 0.2) is 0 Å². The molecule has 2 rings (SSSR count). The van der Waals surface area contributed by atoms with Crippen molar-refractivity contribution >= 4 is 0 Å². The minimum absolute atomic E-state index is 0.536. The molecule has 0 saturated heterocycles. The Morgan fingerprint density at radius 3 is 2.70 bits per heavy atom. The second-order valence-electron chi connectivity index (χ2n) is 4.06. The second-order valence-corrected chi connectivity index (χ2v) is 4.06. The molecule has 0 heteroatoms. The zero-order valence-electron chi connectivity index (χ0n) is 6.94. The number of hydrogen-bond donors (Lipinski definition) is 0. The lowest BCUT2D eigenvalue weighted by Crippen LogP contribution is -1.87. The molecule has 0 aromatic carbocycles. The van der Waals surface area contributed by atoms with Crippen LogP contribution in [0.5, 0.6) is 0 Å². The highest BCUT2D eigenvalue weighted by Crippen LogP contribution is 2.61. The topological polar surface area (TPSA) is 0 Å². The van der Waals surface area contributed by atoms with Crippen molar-refractivity contribution in [1.82, 2.24) is 0 Å². The molecule has 0 nitrogen and oxygen atoms in total. The van der Waals surface area contributed by atoms with E-state index >= 15 is 0 Å². The first-order valence-electron chi connectivity index (χ1n) is 4.01. The van der Waals surface area contributed by atoms with Crippen LogP contribution < -0.4 is 0 Å². The van der Waals surface area contributed by atoms with E-state index in [0.717, 1.165) is 5.92 Å². The lowest BCUT2D eigenvalue weighted by molar-refractivity contribution is 0.569. The third kappa shape index (κ3) is 0.622. The van der Waals surface area contributed by atoms with E-state index in [4.69, 9.17) is 0 Å². The number of rotatable bonds is 0. The van der Waals surface area contributed by atoms with E-state index in [9.17, 15) is 0 Å². The highest BCUT2D eigenvalue weighted by Gasteiger charge is 2.51. The molecule has 0 radical (unpaired) electrons. The van der Waals surface area contributed by atoms with E-state index in [-0.39, 0.29) is 0 Å². The third-order valence-electron chi connectivity index (χ3n) is 2.97. The lowest BCUT2D eigenvalue weighted by atomic mass is 10.1. The predicted molar refractivity (Wildman–Crippen MR) is 43.7 cm³/mol. The Labute approximate surface area is 62.6 Å². The molecule has 0 spiro atoms. The first kappa shape index (κ1) is 6.21. The van der Waals surface area contributed by atoms with Gasteiger partial charge >= 0.3 is 0 Å². The second kappa shape index (κ2) is 1.55. The van der Waals surface area contributed by atoms with Gasteiger partial charge in [-0.05, 0) is 24.7 Å². The first-order valence-corrected chi connectivity index (χ1v) is 4.01. The Bertz CT molecular complexity index is 228. The van der Waals surface area contributed by atoms with Gasteiger partial charge in [-0.25, -0.2) is 0 Å². The van der Waals surface area contributed by atoms with Crippen molar-refractivity contribution in [2.45, 2.75) is 27.2 Å². The summed E-state index contributed by atoms with van der Waals surface area (Å²) in [6.07, 6.45) is 5.99. The number of hydrogen-bond acceptors (Lipinski definition) is 0. The quantitative estimate of drug-likeness (QED) is 0.478. The van der Waals surface area contributed by atoms with Gasteiger partial charge in [-0.2, -0.15) is 0 Å².